The van der Waals surface area contributed by atoms with E-state index in [-0.39, 0.29) is 11.7 Å². The minimum absolute atomic E-state index is 0.178. The lowest BCUT2D eigenvalue weighted by Gasteiger charge is -2.34. The number of nitrogens with zero attached hydrogens (tertiary/aromatic N) is 2. The van der Waals surface area contributed by atoms with Crippen LogP contribution in [-0.2, 0) is 4.79 Å². The molecule has 0 saturated carbocycles. The Morgan fingerprint density at radius 3 is 2.14 bits per heavy atom. The molecule has 0 spiro atoms. The molecule has 1 aliphatic rings. The van der Waals surface area contributed by atoms with Gasteiger partial charge in [-0.05, 0) is 18.6 Å². The number of rotatable bonds is 9. The second-order valence-corrected chi connectivity index (χ2v) is 7.03. The summed E-state index contributed by atoms with van der Waals surface area (Å²) in [5.41, 5.74) is 0.772. The van der Waals surface area contributed by atoms with Crippen molar-refractivity contribution >= 4 is 11.7 Å². The van der Waals surface area contributed by atoms with Gasteiger partial charge in [0.15, 0.2) is 5.78 Å². The first-order valence-corrected chi connectivity index (χ1v) is 9.98. The number of carbonyl (C=O) groups is 2. The van der Waals surface area contributed by atoms with Gasteiger partial charge in [-0.15, -0.1) is 0 Å². The first-order valence-electron chi connectivity index (χ1n) is 9.98. The monoisotopic (exact) mass is 380 g/mol. The third kappa shape index (κ3) is 6.20. The van der Waals surface area contributed by atoms with E-state index in [0.29, 0.717) is 19.4 Å². The van der Waals surface area contributed by atoms with Crippen LogP contribution in [0.4, 0.5) is 0 Å². The molecule has 0 bridgehead atoms. The van der Waals surface area contributed by atoms with E-state index in [2.05, 4.69) is 4.90 Å². The molecule has 5 nitrogen and oxygen atoms in total. The number of piperazine rings is 1. The quantitative estimate of drug-likeness (QED) is 0.495. The fourth-order valence-electron chi connectivity index (χ4n) is 3.34. The Balaban J connectivity index is 1.30. The van der Waals surface area contributed by atoms with Gasteiger partial charge in [-0.2, -0.15) is 0 Å². The Hall–Kier alpha value is -2.66. The maximum absolute atomic E-state index is 12.4. The lowest BCUT2D eigenvalue weighted by atomic mass is 10.1. The molecule has 0 aliphatic carbocycles. The van der Waals surface area contributed by atoms with E-state index in [1.165, 1.54) is 0 Å². The smallest absolute Gasteiger partial charge is 0.222 e. The minimum atomic E-state index is 0.178. The fourth-order valence-corrected chi connectivity index (χ4v) is 3.34. The number of ketones is 1. The third-order valence-electron chi connectivity index (χ3n) is 5.02. The van der Waals surface area contributed by atoms with Crippen molar-refractivity contribution in [1.29, 1.82) is 0 Å². The molecule has 3 rings (SSSR count). The largest absolute Gasteiger partial charge is 0.494 e. The van der Waals surface area contributed by atoms with Gasteiger partial charge in [0, 0.05) is 51.1 Å². The highest BCUT2D eigenvalue weighted by Gasteiger charge is 2.21. The molecule has 0 unspecified atom stereocenters. The van der Waals surface area contributed by atoms with Gasteiger partial charge < -0.3 is 9.64 Å². The molecular formula is C23H28N2O3. The molecule has 2 aromatic carbocycles. The van der Waals surface area contributed by atoms with E-state index >= 15 is 0 Å². The van der Waals surface area contributed by atoms with Crippen molar-refractivity contribution in [3.05, 3.63) is 66.2 Å². The van der Waals surface area contributed by atoms with Gasteiger partial charge in [-0.1, -0.05) is 48.5 Å². The molecule has 28 heavy (non-hydrogen) atoms. The highest BCUT2D eigenvalue weighted by atomic mass is 16.5. The molecule has 1 saturated heterocycles. The Labute approximate surface area is 166 Å². The zero-order valence-corrected chi connectivity index (χ0v) is 16.3. The average molecular weight is 380 g/mol. The van der Waals surface area contributed by atoms with Gasteiger partial charge in [0.05, 0.1) is 6.61 Å². The van der Waals surface area contributed by atoms with Crippen molar-refractivity contribution in [3.8, 4) is 5.75 Å². The molecule has 1 amide bonds. The van der Waals surface area contributed by atoms with Crippen molar-refractivity contribution in [2.24, 2.45) is 0 Å². The average Bonchev–Trinajstić information content (AvgIpc) is 2.76. The minimum Gasteiger partial charge on any atom is -0.494 e. The molecule has 1 fully saturated rings. The van der Waals surface area contributed by atoms with Gasteiger partial charge >= 0.3 is 0 Å². The summed E-state index contributed by atoms with van der Waals surface area (Å²) in [5, 5.41) is 0. The first kappa shape index (κ1) is 20.1. The van der Waals surface area contributed by atoms with Crippen LogP contribution in [0.3, 0.4) is 0 Å². The molecule has 148 valence electrons. The predicted octanol–water partition coefficient (Wildman–Crippen LogP) is 3.26. The second-order valence-electron chi connectivity index (χ2n) is 7.03. The Morgan fingerprint density at radius 1 is 0.821 bits per heavy atom. The summed E-state index contributed by atoms with van der Waals surface area (Å²) in [5.74, 6) is 1.21. The van der Waals surface area contributed by atoms with E-state index in [0.717, 1.165) is 50.5 Å². The summed E-state index contributed by atoms with van der Waals surface area (Å²) in [7, 11) is 0. The van der Waals surface area contributed by atoms with E-state index in [4.69, 9.17) is 4.74 Å². The normalized spacial score (nSPS) is 14.6. The molecule has 0 atom stereocenters. The highest BCUT2D eigenvalue weighted by Crippen LogP contribution is 2.11. The van der Waals surface area contributed by atoms with Crippen LogP contribution < -0.4 is 4.74 Å². The van der Waals surface area contributed by atoms with E-state index < -0.39 is 0 Å². The zero-order chi connectivity index (χ0) is 19.6. The van der Waals surface area contributed by atoms with Crippen LogP contribution >= 0.6 is 0 Å². The van der Waals surface area contributed by atoms with Crippen molar-refractivity contribution in [1.82, 2.24) is 9.80 Å². The van der Waals surface area contributed by atoms with Gasteiger partial charge in [0.1, 0.15) is 5.75 Å². The van der Waals surface area contributed by atoms with Crippen molar-refractivity contribution in [2.45, 2.75) is 19.3 Å². The van der Waals surface area contributed by atoms with Gasteiger partial charge in [-0.3, -0.25) is 14.5 Å². The predicted molar refractivity (Wildman–Crippen MR) is 110 cm³/mol. The molecule has 0 N–H and O–H groups in total. The molecular weight excluding hydrogens is 352 g/mol. The Morgan fingerprint density at radius 2 is 1.46 bits per heavy atom. The summed E-state index contributed by atoms with van der Waals surface area (Å²) in [6.07, 6.45) is 1.76. The zero-order valence-electron chi connectivity index (χ0n) is 16.3. The maximum atomic E-state index is 12.4. The van der Waals surface area contributed by atoms with Crippen LogP contribution in [0.25, 0.3) is 0 Å². The molecule has 5 heteroatoms. The summed E-state index contributed by atoms with van der Waals surface area (Å²) in [6.45, 7) is 4.43. The van der Waals surface area contributed by atoms with Gasteiger partial charge in [-0.25, -0.2) is 0 Å². The second kappa shape index (κ2) is 10.6. The Kier molecular flexibility index (Phi) is 7.62. The van der Waals surface area contributed by atoms with Crippen LogP contribution in [0.15, 0.2) is 60.7 Å². The molecule has 0 radical (unpaired) electrons. The molecule has 1 aliphatic heterocycles. The number of Topliss-reactive ketones (excluding diaryl/α,β-unsaturated/α-hetero) is 1. The van der Waals surface area contributed by atoms with E-state index in [1.54, 1.807) is 0 Å². The number of ether oxygens (including phenoxy) is 1. The number of hydrogen-bond donors (Lipinski definition) is 0. The summed E-state index contributed by atoms with van der Waals surface area (Å²) >= 11 is 0. The fraction of sp³-hybridized carbons (Fsp3) is 0.391. The summed E-state index contributed by atoms with van der Waals surface area (Å²) < 4.78 is 5.64. The summed E-state index contributed by atoms with van der Waals surface area (Å²) in [6, 6.07) is 19.1. The van der Waals surface area contributed by atoms with E-state index in [9.17, 15) is 9.59 Å². The number of amides is 1. The molecule has 0 aromatic heterocycles. The maximum Gasteiger partial charge on any atom is 0.222 e. The van der Waals surface area contributed by atoms with Crippen LogP contribution in [-0.4, -0.2) is 60.8 Å². The van der Waals surface area contributed by atoms with Crippen LogP contribution in [0.5, 0.6) is 5.75 Å². The van der Waals surface area contributed by atoms with Crippen LogP contribution in [0.2, 0.25) is 0 Å². The number of benzene rings is 2. The Bertz CT molecular complexity index is 741. The number of hydrogen-bond acceptors (Lipinski definition) is 4. The van der Waals surface area contributed by atoms with E-state index in [1.807, 2.05) is 65.6 Å². The third-order valence-corrected chi connectivity index (χ3v) is 5.02. The van der Waals surface area contributed by atoms with Gasteiger partial charge in [0.25, 0.3) is 0 Å². The number of para-hydroxylation sites is 1. The number of carbonyl (C=O) groups excluding carboxylic acids is 2. The standard InChI is InChI=1S/C23H28N2O3/c26-22(20-8-3-1-4-9-20)13-14-24-15-17-25(18-16-24)23(27)12-7-19-28-21-10-5-2-6-11-21/h1-6,8-11H,7,12-19H2. The van der Waals surface area contributed by atoms with Crippen LogP contribution in [0, 0.1) is 0 Å². The summed E-state index contributed by atoms with van der Waals surface area (Å²) in [4.78, 5) is 28.8. The highest BCUT2D eigenvalue weighted by molar-refractivity contribution is 5.96. The van der Waals surface area contributed by atoms with Crippen molar-refractivity contribution in [2.75, 3.05) is 39.3 Å². The van der Waals surface area contributed by atoms with Gasteiger partial charge in [0.2, 0.25) is 5.91 Å². The molecule has 2 aromatic rings. The lowest BCUT2D eigenvalue weighted by Crippen LogP contribution is -2.49. The van der Waals surface area contributed by atoms with Crippen LogP contribution in [0.1, 0.15) is 29.6 Å². The topological polar surface area (TPSA) is 49.9 Å². The first-order chi connectivity index (χ1) is 13.7. The van der Waals surface area contributed by atoms with Crippen molar-refractivity contribution in [3.63, 3.8) is 0 Å². The molecule has 1 heterocycles. The van der Waals surface area contributed by atoms with Crippen molar-refractivity contribution < 1.29 is 14.3 Å². The lowest BCUT2D eigenvalue weighted by molar-refractivity contribution is -0.133. The SMILES string of the molecule is O=C(CCN1CCN(C(=O)CCCOc2ccccc2)CC1)c1ccccc1.